The quantitative estimate of drug-likeness (QED) is 0.773. The molecule has 1 amide bonds. The van der Waals surface area contributed by atoms with Gasteiger partial charge in [-0.2, -0.15) is 0 Å². The first kappa shape index (κ1) is 18.1. The zero-order valence-corrected chi connectivity index (χ0v) is 14.3. The van der Waals surface area contributed by atoms with Gasteiger partial charge in [-0.15, -0.1) is 0 Å². The van der Waals surface area contributed by atoms with E-state index in [9.17, 15) is 9.18 Å². The van der Waals surface area contributed by atoms with Gasteiger partial charge in [-0.3, -0.25) is 4.79 Å². The molecule has 4 nitrogen and oxygen atoms in total. The lowest BCUT2D eigenvalue weighted by molar-refractivity contribution is -0.127. The Bertz CT molecular complexity index is 691. The summed E-state index contributed by atoms with van der Waals surface area (Å²) in [5, 5.41) is 3.35. The second-order valence-electron chi connectivity index (χ2n) is 5.26. The van der Waals surface area contributed by atoms with Gasteiger partial charge in [0, 0.05) is 5.02 Å². The maximum atomic E-state index is 12.8. The molecule has 0 bridgehead atoms. The third-order valence-electron chi connectivity index (χ3n) is 3.31. The Kier molecular flexibility index (Phi) is 6.44. The molecule has 0 aliphatic rings. The number of halogens is 2. The van der Waals surface area contributed by atoms with Crippen LogP contribution in [0.2, 0.25) is 5.02 Å². The number of benzene rings is 2. The van der Waals surface area contributed by atoms with E-state index in [1.165, 1.54) is 24.3 Å². The Morgan fingerprint density at radius 1 is 1.21 bits per heavy atom. The number of amides is 1. The molecule has 0 saturated heterocycles. The van der Waals surface area contributed by atoms with Gasteiger partial charge in [0.2, 0.25) is 0 Å². The molecule has 128 valence electrons. The van der Waals surface area contributed by atoms with Crippen LogP contribution in [0.5, 0.6) is 11.5 Å². The summed E-state index contributed by atoms with van der Waals surface area (Å²) in [6, 6.07) is 10.9. The van der Waals surface area contributed by atoms with Crippen molar-refractivity contribution in [3.8, 4) is 11.5 Å². The van der Waals surface area contributed by atoms with Gasteiger partial charge in [0.1, 0.15) is 23.9 Å². The van der Waals surface area contributed by atoms with Gasteiger partial charge < -0.3 is 14.8 Å². The predicted molar refractivity (Wildman–Crippen MR) is 91.2 cm³/mol. The highest BCUT2D eigenvalue weighted by molar-refractivity contribution is 6.31. The Balaban J connectivity index is 1.72. The molecule has 0 saturated carbocycles. The molecule has 0 radical (unpaired) electrons. The van der Waals surface area contributed by atoms with Crippen molar-refractivity contribution >= 4 is 17.5 Å². The molecule has 1 atom stereocenters. The third-order valence-corrected chi connectivity index (χ3v) is 3.72. The lowest BCUT2D eigenvalue weighted by atomic mass is 10.2. The second-order valence-corrected chi connectivity index (χ2v) is 5.67. The van der Waals surface area contributed by atoms with Crippen LogP contribution < -0.4 is 14.8 Å². The minimum Gasteiger partial charge on any atom is -0.492 e. The van der Waals surface area contributed by atoms with Crippen molar-refractivity contribution in [2.75, 3.05) is 13.2 Å². The van der Waals surface area contributed by atoms with E-state index in [0.717, 1.165) is 5.56 Å². The molecule has 0 aliphatic heterocycles. The first-order valence-corrected chi connectivity index (χ1v) is 7.92. The fourth-order valence-corrected chi connectivity index (χ4v) is 2.09. The van der Waals surface area contributed by atoms with Crippen molar-refractivity contribution in [1.29, 1.82) is 0 Å². The summed E-state index contributed by atoms with van der Waals surface area (Å²) in [5.74, 6) is 0.456. The zero-order valence-electron chi connectivity index (χ0n) is 13.5. The Labute approximate surface area is 145 Å². The maximum absolute atomic E-state index is 12.8. The minimum atomic E-state index is -0.690. The van der Waals surface area contributed by atoms with E-state index in [1.54, 1.807) is 13.0 Å². The molecule has 0 aromatic heterocycles. The monoisotopic (exact) mass is 351 g/mol. The summed E-state index contributed by atoms with van der Waals surface area (Å²) >= 11 is 6.02. The van der Waals surface area contributed by atoms with Crippen LogP contribution in [0.4, 0.5) is 4.39 Å². The third kappa shape index (κ3) is 5.42. The van der Waals surface area contributed by atoms with Crippen molar-refractivity contribution in [2.24, 2.45) is 0 Å². The molecule has 2 aromatic rings. The highest BCUT2D eigenvalue weighted by Crippen LogP contribution is 2.21. The van der Waals surface area contributed by atoms with E-state index >= 15 is 0 Å². The lowest BCUT2D eigenvalue weighted by Gasteiger charge is -2.15. The van der Waals surface area contributed by atoms with Gasteiger partial charge >= 0.3 is 0 Å². The van der Waals surface area contributed by atoms with E-state index in [-0.39, 0.29) is 11.7 Å². The Hall–Kier alpha value is -2.27. The number of hydrogen-bond donors (Lipinski definition) is 1. The SMILES string of the molecule is Cc1ccc(OCCNC(=O)C(C)Oc2ccc(F)cc2)cc1Cl. The highest BCUT2D eigenvalue weighted by atomic mass is 35.5. The van der Waals surface area contributed by atoms with Crippen LogP contribution in [0.1, 0.15) is 12.5 Å². The van der Waals surface area contributed by atoms with Gasteiger partial charge in [-0.05, 0) is 55.8 Å². The van der Waals surface area contributed by atoms with Crippen LogP contribution in [-0.4, -0.2) is 25.2 Å². The molecule has 0 fully saturated rings. The van der Waals surface area contributed by atoms with Crippen molar-refractivity contribution in [1.82, 2.24) is 5.32 Å². The van der Waals surface area contributed by atoms with E-state index in [1.807, 2.05) is 19.1 Å². The topological polar surface area (TPSA) is 47.6 Å². The summed E-state index contributed by atoms with van der Waals surface area (Å²) in [7, 11) is 0. The van der Waals surface area contributed by atoms with Gasteiger partial charge in [0.05, 0.1) is 6.54 Å². The number of aryl methyl sites for hydroxylation is 1. The minimum absolute atomic E-state index is 0.273. The summed E-state index contributed by atoms with van der Waals surface area (Å²) < 4.78 is 23.8. The molecule has 24 heavy (non-hydrogen) atoms. The average Bonchev–Trinajstić information content (AvgIpc) is 2.56. The van der Waals surface area contributed by atoms with Crippen molar-refractivity contribution in [3.05, 3.63) is 58.9 Å². The van der Waals surface area contributed by atoms with Gasteiger partial charge in [0.15, 0.2) is 6.10 Å². The van der Waals surface area contributed by atoms with Crippen LogP contribution in [0, 0.1) is 12.7 Å². The number of nitrogens with one attached hydrogen (secondary N) is 1. The number of carbonyl (C=O) groups excluding carboxylic acids is 1. The molecule has 2 aromatic carbocycles. The van der Waals surface area contributed by atoms with Crippen LogP contribution in [0.15, 0.2) is 42.5 Å². The highest BCUT2D eigenvalue weighted by Gasteiger charge is 2.14. The molecular weight excluding hydrogens is 333 g/mol. The van der Waals surface area contributed by atoms with Crippen LogP contribution >= 0.6 is 11.6 Å². The van der Waals surface area contributed by atoms with Crippen LogP contribution in [0.3, 0.4) is 0 Å². The molecular formula is C18H19ClFNO3. The van der Waals surface area contributed by atoms with Gasteiger partial charge in [-0.1, -0.05) is 17.7 Å². The van der Waals surface area contributed by atoms with Gasteiger partial charge in [-0.25, -0.2) is 4.39 Å². The van der Waals surface area contributed by atoms with Crippen molar-refractivity contribution < 1.29 is 18.7 Å². The normalized spacial score (nSPS) is 11.7. The number of rotatable bonds is 7. The van der Waals surface area contributed by atoms with E-state index in [2.05, 4.69) is 5.32 Å². The molecule has 0 aliphatic carbocycles. The predicted octanol–water partition coefficient (Wildman–Crippen LogP) is 3.75. The Morgan fingerprint density at radius 3 is 2.54 bits per heavy atom. The molecule has 6 heteroatoms. The van der Waals surface area contributed by atoms with Crippen LogP contribution in [0.25, 0.3) is 0 Å². The first-order chi connectivity index (χ1) is 11.5. The average molecular weight is 352 g/mol. The largest absolute Gasteiger partial charge is 0.492 e. The van der Waals surface area contributed by atoms with E-state index < -0.39 is 6.10 Å². The first-order valence-electron chi connectivity index (χ1n) is 7.54. The summed E-state index contributed by atoms with van der Waals surface area (Å²) in [4.78, 5) is 11.9. The van der Waals surface area contributed by atoms with Gasteiger partial charge in [0.25, 0.3) is 5.91 Å². The summed E-state index contributed by atoms with van der Waals surface area (Å²) in [6.45, 7) is 4.18. The summed E-state index contributed by atoms with van der Waals surface area (Å²) in [6.07, 6.45) is -0.690. The molecule has 0 spiro atoms. The van der Waals surface area contributed by atoms with Crippen molar-refractivity contribution in [3.63, 3.8) is 0 Å². The fraction of sp³-hybridized carbons (Fsp3) is 0.278. The number of hydrogen-bond acceptors (Lipinski definition) is 3. The molecule has 1 unspecified atom stereocenters. The van der Waals surface area contributed by atoms with Crippen LogP contribution in [-0.2, 0) is 4.79 Å². The summed E-state index contributed by atoms with van der Waals surface area (Å²) in [5.41, 5.74) is 0.976. The Morgan fingerprint density at radius 2 is 1.88 bits per heavy atom. The lowest BCUT2D eigenvalue weighted by Crippen LogP contribution is -2.38. The second kappa shape index (κ2) is 8.55. The number of carbonyl (C=O) groups is 1. The van der Waals surface area contributed by atoms with E-state index in [4.69, 9.17) is 21.1 Å². The van der Waals surface area contributed by atoms with E-state index in [0.29, 0.717) is 29.7 Å². The zero-order chi connectivity index (χ0) is 17.5. The molecule has 1 N–H and O–H groups in total. The fourth-order valence-electron chi connectivity index (χ4n) is 1.92. The smallest absolute Gasteiger partial charge is 0.260 e. The number of ether oxygens (including phenoxy) is 2. The standard InChI is InChI=1S/C18H19ClFNO3/c1-12-3-6-16(11-17(12)19)23-10-9-21-18(22)13(2)24-15-7-4-14(20)5-8-15/h3-8,11,13H,9-10H2,1-2H3,(H,21,22). The molecule has 0 heterocycles. The van der Waals surface area contributed by atoms with Crippen molar-refractivity contribution in [2.45, 2.75) is 20.0 Å². The maximum Gasteiger partial charge on any atom is 0.260 e. The molecule has 2 rings (SSSR count).